The molecule has 14 aromatic rings. The molecule has 16 rings (SSSR count). The average Bonchev–Trinajstić information content (AvgIpc) is 1.63. The average molecular weight is 1390 g/mol. The van der Waals surface area contributed by atoms with Gasteiger partial charge in [-0.15, -0.1) is 29.7 Å². The van der Waals surface area contributed by atoms with Crippen LogP contribution in [0.4, 0.5) is 0 Å². The number of hydrogen-bond acceptors (Lipinski definition) is 2. The van der Waals surface area contributed by atoms with Crippen LogP contribution in [0.3, 0.4) is 0 Å². The van der Waals surface area contributed by atoms with Crippen molar-refractivity contribution in [2.75, 3.05) is 0 Å². The van der Waals surface area contributed by atoms with E-state index >= 15 is 0 Å². The first-order valence-electron chi connectivity index (χ1n) is 32.7. The van der Waals surface area contributed by atoms with Crippen LogP contribution < -0.4 is 9.30 Å². The van der Waals surface area contributed by atoms with Gasteiger partial charge in [-0.3, -0.25) is 4.57 Å². The molecule has 93 heavy (non-hydrogen) atoms. The van der Waals surface area contributed by atoms with Crippen molar-refractivity contribution in [2.45, 2.75) is 130 Å². The summed E-state index contributed by atoms with van der Waals surface area (Å²) in [5.74, 6) is 1.97. The van der Waals surface area contributed by atoms with Crippen LogP contribution in [-0.2, 0) is 48.1 Å². The normalized spacial score (nSPS) is 14.3. The van der Waals surface area contributed by atoms with Crippen LogP contribution in [0.15, 0.2) is 206 Å². The maximum atomic E-state index is 7.01. The summed E-state index contributed by atoms with van der Waals surface area (Å²) in [4.78, 5) is 4.97. The van der Waals surface area contributed by atoms with Crippen LogP contribution in [0.1, 0.15) is 131 Å². The van der Waals surface area contributed by atoms with Crippen LogP contribution in [0.2, 0.25) is 0 Å². The minimum atomic E-state index is -0.234. The number of ether oxygens (including phenoxy) is 1. The standard InChI is InChI=1S/C86H77N5O.Pt/c1-82(2,3)55-35-33-53(34-36-55)54-43-69-62-26-15-14-25-61(62)67-50-71-72(86(12,13)41-40-85(71,10)11)51-68(67)70-45-57(84(7,8)9)46-78(90-73-30-19-16-27-63(73)64-28-17-20-31-74(64)90)81(70)89-52-88(77(44-54)80(69)89)58-23-22-24-59(48-58)92-60-37-38-66-65-29-18-21-32-75(65)91(76(66)49-60)79-47-56(39-42-87-79)83(4,5)6;/h14-39,42-47,50-51H,40-41H2,1-13H3;/q-2;. The number of aromatic nitrogens is 5. The Hall–Kier alpha value is -9.09. The predicted octanol–water partition coefficient (Wildman–Crippen LogP) is 21.9. The van der Waals surface area contributed by atoms with Crippen molar-refractivity contribution in [3.05, 3.63) is 253 Å². The van der Waals surface area contributed by atoms with Gasteiger partial charge in [0, 0.05) is 55.1 Å². The van der Waals surface area contributed by atoms with Crippen molar-refractivity contribution >= 4 is 54.6 Å². The third-order valence-corrected chi connectivity index (χ3v) is 20.2. The molecule has 464 valence electrons. The van der Waals surface area contributed by atoms with Gasteiger partial charge in [0.1, 0.15) is 5.82 Å². The fraction of sp³-hybridized carbons (Fsp3) is 0.233. The molecule has 0 amide bonds. The van der Waals surface area contributed by atoms with Gasteiger partial charge in [-0.1, -0.05) is 217 Å². The Morgan fingerprint density at radius 2 is 1.00 bits per heavy atom. The predicted molar refractivity (Wildman–Crippen MR) is 381 cm³/mol. The third kappa shape index (κ3) is 9.84. The molecule has 6 nitrogen and oxygen atoms in total. The fourth-order valence-electron chi connectivity index (χ4n) is 14.9. The summed E-state index contributed by atoms with van der Waals surface area (Å²) in [7, 11) is 0. The molecular weight excluding hydrogens is 1310 g/mol. The Morgan fingerprint density at radius 1 is 0.441 bits per heavy atom. The number of para-hydroxylation sites is 3. The van der Waals surface area contributed by atoms with Crippen LogP contribution in [-0.4, -0.2) is 18.7 Å². The molecule has 4 aromatic heterocycles. The number of nitrogens with zero attached hydrogens (tertiary/aromatic N) is 5. The molecule has 0 atom stereocenters. The van der Waals surface area contributed by atoms with Crippen molar-refractivity contribution in [3.63, 3.8) is 0 Å². The molecule has 0 fully saturated rings. The van der Waals surface area contributed by atoms with Gasteiger partial charge < -0.3 is 18.4 Å². The van der Waals surface area contributed by atoms with Crippen molar-refractivity contribution in [1.82, 2.24) is 18.7 Å². The summed E-state index contributed by atoms with van der Waals surface area (Å²) < 4.78 is 16.4. The Morgan fingerprint density at radius 3 is 1.62 bits per heavy atom. The van der Waals surface area contributed by atoms with E-state index in [1.807, 2.05) is 18.3 Å². The molecule has 0 spiro atoms. The Labute approximate surface area is 561 Å². The first-order valence-corrected chi connectivity index (χ1v) is 32.7. The molecule has 2 aliphatic rings. The van der Waals surface area contributed by atoms with Crippen molar-refractivity contribution < 1.29 is 30.4 Å². The van der Waals surface area contributed by atoms with Gasteiger partial charge in [-0.2, -0.15) is 18.2 Å². The second-order valence-electron chi connectivity index (χ2n) is 30.4. The van der Waals surface area contributed by atoms with Crippen LogP contribution in [0.5, 0.6) is 11.5 Å². The first kappa shape index (κ1) is 60.2. The molecule has 0 saturated carbocycles. The number of fused-ring (bicyclic) bond motifs is 14. The Bertz CT molecular complexity index is 5320. The van der Waals surface area contributed by atoms with Gasteiger partial charge in [0.15, 0.2) is 0 Å². The zero-order valence-electron chi connectivity index (χ0n) is 55.5. The van der Waals surface area contributed by atoms with Crippen LogP contribution in [0.25, 0.3) is 122 Å². The summed E-state index contributed by atoms with van der Waals surface area (Å²) >= 11 is 0. The molecule has 5 heterocycles. The summed E-state index contributed by atoms with van der Waals surface area (Å²) in [6.45, 7) is 30.5. The van der Waals surface area contributed by atoms with Gasteiger partial charge in [0.05, 0.1) is 33.4 Å². The fourth-order valence-corrected chi connectivity index (χ4v) is 14.9. The molecule has 10 aromatic carbocycles. The Kier molecular flexibility index (Phi) is 13.9. The number of imidazole rings is 1. The van der Waals surface area contributed by atoms with Gasteiger partial charge >= 0.3 is 0 Å². The van der Waals surface area contributed by atoms with Crippen molar-refractivity contribution in [1.29, 1.82) is 0 Å². The molecule has 1 aliphatic carbocycles. The number of rotatable bonds is 6. The van der Waals surface area contributed by atoms with E-state index in [1.54, 1.807) is 0 Å². The van der Waals surface area contributed by atoms with Gasteiger partial charge in [0.2, 0.25) is 0 Å². The smallest absolute Gasteiger partial charge is 0.268 e. The molecule has 0 unspecified atom stereocenters. The number of benzene rings is 10. The van der Waals surface area contributed by atoms with Gasteiger partial charge in [-0.25, -0.2) is 4.98 Å². The van der Waals surface area contributed by atoms with E-state index in [2.05, 4.69) is 315 Å². The van der Waals surface area contributed by atoms with Crippen LogP contribution >= 0.6 is 0 Å². The van der Waals surface area contributed by atoms with Gasteiger partial charge in [-0.05, 0) is 172 Å². The SMILES string of the molecule is CC(C)(C)c1ccc(-c2cc3c4c(c2)n(-c2[c-]c(Oc5[c-]c6c(cc5)c5ccccc5n6-c5cc(C(C)(C)C)ccn5)ccc2)[c-][n+]4-c2c(cc(C(C)(C)C)cc2-n2c4ccccc4c4ccccc42)-c2cc4c(cc2-c2ccccc2-3)C(C)(C)CCC4(C)C)cc1.[Pt]. The maximum Gasteiger partial charge on any atom is 0.268 e. The summed E-state index contributed by atoms with van der Waals surface area (Å²) in [6.07, 6.45) is 8.33. The van der Waals surface area contributed by atoms with Gasteiger partial charge in [0.25, 0.3) is 6.33 Å². The molecule has 0 bridgehead atoms. The zero-order valence-corrected chi connectivity index (χ0v) is 57.8. The second kappa shape index (κ2) is 21.5. The minimum Gasteiger partial charge on any atom is -0.510 e. The topological polar surface area (TPSA) is 40.8 Å². The molecule has 1 aliphatic heterocycles. The van der Waals surface area contributed by atoms with Crippen molar-refractivity contribution in [3.8, 4) is 78.9 Å². The summed E-state index contributed by atoms with van der Waals surface area (Å²) in [5.41, 5.74) is 24.7. The van der Waals surface area contributed by atoms with E-state index in [0.29, 0.717) is 11.5 Å². The third-order valence-electron chi connectivity index (χ3n) is 20.2. The molecular formula is C86H77N5OPt-2. The van der Waals surface area contributed by atoms with E-state index in [-0.39, 0.29) is 48.1 Å². The van der Waals surface area contributed by atoms with E-state index in [4.69, 9.17) is 9.72 Å². The monoisotopic (exact) mass is 1390 g/mol. The van der Waals surface area contributed by atoms with E-state index in [9.17, 15) is 0 Å². The molecule has 0 radical (unpaired) electrons. The molecule has 7 heteroatoms. The quantitative estimate of drug-likeness (QED) is 0.123. The second-order valence-corrected chi connectivity index (χ2v) is 30.4. The first-order chi connectivity index (χ1) is 44.0. The molecule has 0 N–H and O–H groups in total. The van der Waals surface area contributed by atoms with Crippen molar-refractivity contribution in [2.24, 2.45) is 0 Å². The number of pyridine rings is 1. The zero-order chi connectivity index (χ0) is 63.5. The number of hydrogen-bond donors (Lipinski definition) is 0. The summed E-state index contributed by atoms with van der Waals surface area (Å²) in [6, 6.07) is 82.1. The summed E-state index contributed by atoms with van der Waals surface area (Å²) in [5, 5.41) is 4.62. The van der Waals surface area contributed by atoms with E-state index < -0.39 is 0 Å². The molecule has 0 saturated heterocycles. The van der Waals surface area contributed by atoms with E-state index in [1.165, 1.54) is 55.3 Å². The minimum absolute atomic E-state index is 0. The van der Waals surface area contributed by atoms with E-state index in [0.717, 1.165) is 107 Å². The Balaban J connectivity index is 0.00000716. The maximum absolute atomic E-state index is 7.01. The largest absolute Gasteiger partial charge is 0.510 e. The van der Waals surface area contributed by atoms with Crippen LogP contribution in [0, 0.1) is 18.5 Å².